The molecule has 1 aromatic heterocycles. The SMILES string of the molecule is O=C(NCC1(c2cccs2)CC1)NC1CCCC1. The number of carbonyl (C=O) groups excluding carboxylic acids is 1. The Hall–Kier alpha value is -1.03. The summed E-state index contributed by atoms with van der Waals surface area (Å²) in [5.41, 5.74) is 0.251. The monoisotopic (exact) mass is 264 g/mol. The number of carbonyl (C=O) groups is 1. The molecule has 2 saturated carbocycles. The van der Waals surface area contributed by atoms with E-state index in [1.54, 1.807) is 11.3 Å². The molecule has 2 aliphatic carbocycles. The molecule has 18 heavy (non-hydrogen) atoms. The maximum Gasteiger partial charge on any atom is 0.315 e. The molecule has 4 heteroatoms. The van der Waals surface area contributed by atoms with E-state index in [4.69, 9.17) is 0 Å². The first kappa shape index (κ1) is 12.0. The van der Waals surface area contributed by atoms with Crippen LogP contribution in [0, 0.1) is 0 Å². The van der Waals surface area contributed by atoms with E-state index in [9.17, 15) is 4.79 Å². The van der Waals surface area contributed by atoms with Crippen LogP contribution in [0.15, 0.2) is 17.5 Å². The summed E-state index contributed by atoms with van der Waals surface area (Å²) in [6, 6.07) is 4.71. The van der Waals surface area contributed by atoms with Crippen molar-refractivity contribution in [2.75, 3.05) is 6.54 Å². The minimum atomic E-state index is 0.0183. The summed E-state index contributed by atoms with van der Waals surface area (Å²) in [5.74, 6) is 0. The smallest absolute Gasteiger partial charge is 0.315 e. The number of rotatable bonds is 4. The predicted octanol–water partition coefficient (Wildman–Crippen LogP) is 3.02. The van der Waals surface area contributed by atoms with Gasteiger partial charge in [-0.2, -0.15) is 0 Å². The molecule has 2 fully saturated rings. The van der Waals surface area contributed by atoms with Crippen LogP contribution < -0.4 is 10.6 Å². The van der Waals surface area contributed by atoms with E-state index in [0.717, 1.165) is 19.4 Å². The fourth-order valence-corrected chi connectivity index (χ4v) is 3.78. The summed E-state index contributed by atoms with van der Waals surface area (Å²) in [7, 11) is 0. The predicted molar refractivity (Wildman–Crippen MR) is 74.0 cm³/mol. The summed E-state index contributed by atoms with van der Waals surface area (Å²) in [6.07, 6.45) is 7.20. The Bertz CT molecular complexity index is 405. The third-order valence-electron chi connectivity index (χ3n) is 4.18. The molecular weight excluding hydrogens is 244 g/mol. The standard InChI is InChI=1S/C14H20N2OS/c17-13(16-11-4-1-2-5-11)15-10-14(7-8-14)12-6-3-9-18-12/h3,6,9,11H,1-2,4-5,7-8,10H2,(H2,15,16,17). The van der Waals surface area contributed by atoms with Crippen LogP contribution in [-0.4, -0.2) is 18.6 Å². The maximum atomic E-state index is 11.8. The van der Waals surface area contributed by atoms with Gasteiger partial charge in [0.25, 0.3) is 0 Å². The zero-order valence-corrected chi connectivity index (χ0v) is 11.4. The van der Waals surface area contributed by atoms with Gasteiger partial charge in [-0.3, -0.25) is 0 Å². The lowest BCUT2D eigenvalue weighted by molar-refractivity contribution is 0.236. The lowest BCUT2D eigenvalue weighted by atomic mass is 10.1. The number of amides is 2. The third kappa shape index (κ3) is 2.53. The first-order chi connectivity index (χ1) is 8.78. The second-order valence-electron chi connectivity index (χ2n) is 5.57. The van der Waals surface area contributed by atoms with E-state index in [-0.39, 0.29) is 11.4 Å². The van der Waals surface area contributed by atoms with E-state index < -0.39 is 0 Å². The van der Waals surface area contributed by atoms with Crippen LogP contribution in [0.5, 0.6) is 0 Å². The summed E-state index contributed by atoms with van der Waals surface area (Å²) >= 11 is 1.81. The van der Waals surface area contributed by atoms with Crippen molar-refractivity contribution in [3.05, 3.63) is 22.4 Å². The second kappa shape index (κ2) is 4.92. The second-order valence-corrected chi connectivity index (χ2v) is 6.51. The largest absolute Gasteiger partial charge is 0.337 e. The molecule has 0 saturated heterocycles. The van der Waals surface area contributed by atoms with Crippen molar-refractivity contribution in [3.63, 3.8) is 0 Å². The highest BCUT2D eigenvalue weighted by Crippen LogP contribution is 2.49. The Labute approximate surface area is 112 Å². The molecule has 3 nitrogen and oxygen atoms in total. The molecule has 1 aromatic rings. The molecule has 0 radical (unpaired) electrons. The van der Waals surface area contributed by atoms with Gasteiger partial charge in [-0.05, 0) is 37.1 Å². The molecular formula is C14H20N2OS. The Morgan fingerprint density at radius 2 is 2.17 bits per heavy atom. The van der Waals surface area contributed by atoms with Gasteiger partial charge < -0.3 is 10.6 Å². The minimum absolute atomic E-state index is 0.0183. The van der Waals surface area contributed by atoms with Crippen molar-refractivity contribution >= 4 is 17.4 Å². The van der Waals surface area contributed by atoms with Gasteiger partial charge in [0.05, 0.1) is 0 Å². The van der Waals surface area contributed by atoms with Gasteiger partial charge in [0.1, 0.15) is 0 Å². The van der Waals surface area contributed by atoms with Crippen molar-refractivity contribution in [1.29, 1.82) is 0 Å². The molecule has 0 bridgehead atoms. The summed E-state index contributed by atoms with van der Waals surface area (Å²) in [5, 5.41) is 8.25. The molecule has 2 amide bonds. The van der Waals surface area contributed by atoms with Crippen LogP contribution in [0.25, 0.3) is 0 Å². The van der Waals surface area contributed by atoms with Gasteiger partial charge in [0.2, 0.25) is 0 Å². The van der Waals surface area contributed by atoms with Crippen LogP contribution in [0.1, 0.15) is 43.4 Å². The fourth-order valence-electron chi connectivity index (χ4n) is 2.80. The van der Waals surface area contributed by atoms with Crippen molar-refractivity contribution in [2.45, 2.75) is 50.0 Å². The molecule has 0 aliphatic heterocycles. The number of thiophene rings is 1. The van der Waals surface area contributed by atoms with E-state index in [1.165, 1.54) is 30.6 Å². The van der Waals surface area contributed by atoms with Crippen molar-refractivity contribution in [3.8, 4) is 0 Å². The number of nitrogens with one attached hydrogen (secondary N) is 2. The number of urea groups is 1. The Morgan fingerprint density at radius 1 is 1.39 bits per heavy atom. The van der Waals surface area contributed by atoms with Gasteiger partial charge in [-0.15, -0.1) is 11.3 Å². The molecule has 0 atom stereocenters. The van der Waals surface area contributed by atoms with Gasteiger partial charge >= 0.3 is 6.03 Å². The van der Waals surface area contributed by atoms with Gasteiger partial charge in [0.15, 0.2) is 0 Å². The highest BCUT2D eigenvalue weighted by Gasteiger charge is 2.45. The minimum Gasteiger partial charge on any atom is -0.337 e. The first-order valence-electron chi connectivity index (χ1n) is 6.87. The molecule has 2 N–H and O–H groups in total. The molecule has 1 heterocycles. The summed E-state index contributed by atoms with van der Waals surface area (Å²) in [4.78, 5) is 13.2. The van der Waals surface area contributed by atoms with Crippen molar-refractivity contribution < 1.29 is 4.79 Å². The van der Waals surface area contributed by atoms with Crippen LogP contribution in [0.3, 0.4) is 0 Å². The molecule has 3 rings (SSSR count). The molecule has 2 aliphatic rings. The lowest BCUT2D eigenvalue weighted by Gasteiger charge is -2.17. The fraction of sp³-hybridized carbons (Fsp3) is 0.643. The van der Waals surface area contributed by atoms with Gasteiger partial charge in [0, 0.05) is 22.9 Å². The van der Waals surface area contributed by atoms with E-state index >= 15 is 0 Å². The first-order valence-corrected chi connectivity index (χ1v) is 7.75. The van der Waals surface area contributed by atoms with Crippen LogP contribution >= 0.6 is 11.3 Å². The van der Waals surface area contributed by atoms with E-state index in [0.29, 0.717) is 6.04 Å². The Kier molecular flexibility index (Phi) is 3.29. The number of hydrogen-bond donors (Lipinski definition) is 2. The Balaban J connectivity index is 1.48. The lowest BCUT2D eigenvalue weighted by Crippen LogP contribution is -2.43. The summed E-state index contributed by atoms with van der Waals surface area (Å²) in [6.45, 7) is 0.784. The highest BCUT2D eigenvalue weighted by molar-refractivity contribution is 7.10. The van der Waals surface area contributed by atoms with Crippen LogP contribution in [0.4, 0.5) is 4.79 Å². The van der Waals surface area contributed by atoms with Gasteiger partial charge in [-0.1, -0.05) is 18.9 Å². The molecule has 0 unspecified atom stereocenters. The average Bonchev–Trinajstić information content (AvgIpc) is 2.84. The van der Waals surface area contributed by atoms with Gasteiger partial charge in [-0.25, -0.2) is 4.79 Å². The zero-order valence-electron chi connectivity index (χ0n) is 10.6. The quantitative estimate of drug-likeness (QED) is 0.862. The molecule has 0 aromatic carbocycles. The van der Waals surface area contributed by atoms with Crippen molar-refractivity contribution in [1.82, 2.24) is 10.6 Å². The normalized spacial score (nSPS) is 21.8. The Morgan fingerprint density at radius 3 is 2.78 bits per heavy atom. The summed E-state index contributed by atoms with van der Waals surface area (Å²) < 4.78 is 0. The maximum absolute atomic E-state index is 11.8. The van der Waals surface area contributed by atoms with E-state index in [2.05, 4.69) is 28.1 Å². The van der Waals surface area contributed by atoms with Crippen molar-refractivity contribution in [2.24, 2.45) is 0 Å². The van der Waals surface area contributed by atoms with Crippen LogP contribution in [0.2, 0.25) is 0 Å². The highest BCUT2D eigenvalue weighted by atomic mass is 32.1. The zero-order chi connectivity index (χ0) is 12.4. The molecule has 0 spiro atoms. The van der Waals surface area contributed by atoms with E-state index in [1.807, 2.05) is 0 Å². The average molecular weight is 264 g/mol. The topological polar surface area (TPSA) is 41.1 Å². The number of hydrogen-bond acceptors (Lipinski definition) is 2. The molecule has 98 valence electrons. The van der Waals surface area contributed by atoms with Crippen LogP contribution in [-0.2, 0) is 5.41 Å². The third-order valence-corrected chi connectivity index (χ3v) is 5.29.